The molecule has 1 aromatic rings. The van der Waals surface area contributed by atoms with E-state index in [9.17, 15) is 9.59 Å². The third kappa shape index (κ3) is 3.26. The average molecular weight is 285 g/mol. The van der Waals surface area contributed by atoms with Gasteiger partial charge < -0.3 is 10.0 Å². The molecule has 0 unspecified atom stereocenters. The predicted molar refractivity (Wildman–Crippen MR) is 72.0 cm³/mol. The standard InChI is InChI=1S/C12H15NO3S2/c14-10(8-18-11-5-3-7-17-11)13-6-2-1-4-9(13)12(15)16/h3,5,7,9H,1-2,4,6,8H2,(H,15,16)/t9-/m0/s1. The fourth-order valence-corrected chi connectivity index (χ4v) is 3.72. The van der Waals surface area contributed by atoms with Crippen LogP contribution in [0, 0.1) is 0 Å². The van der Waals surface area contributed by atoms with Crippen LogP contribution in [0.3, 0.4) is 0 Å². The third-order valence-electron chi connectivity index (χ3n) is 2.94. The van der Waals surface area contributed by atoms with Gasteiger partial charge in [-0.3, -0.25) is 4.79 Å². The molecule has 98 valence electrons. The van der Waals surface area contributed by atoms with Crippen LogP contribution in [0.2, 0.25) is 0 Å². The van der Waals surface area contributed by atoms with Crippen molar-refractivity contribution in [3.8, 4) is 0 Å². The topological polar surface area (TPSA) is 57.6 Å². The van der Waals surface area contributed by atoms with Crippen LogP contribution in [0.5, 0.6) is 0 Å². The van der Waals surface area contributed by atoms with Gasteiger partial charge in [-0.15, -0.1) is 23.1 Å². The summed E-state index contributed by atoms with van der Waals surface area (Å²) in [5, 5.41) is 11.1. The molecule has 1 aliphatic rings. The van der Waals surface area contributed by atoms with E-state index in [2.05, 4.69) is 0 Å². The number of likely N-dealkylation sites (tertiary alicyclic amines) is 1. The highest BCUT2D eigenvalue weighted by Crippen LogP contribution is 2.25. The minimum atomic E-state index is -0.885. The molecule has 4 nitrogen and oxygen atoms in total. The fourth-order valence-electron chi connectivity index (χ4n) is 2.05. The number of amides is 1. The van der Waals surface area contributed by atoms with Gasteiger partial charge >= 0.3 is 5.97 Å². The zero-order valence-electron chi connectivity index (χ0n) is 9.87. The Bertz CT molecular complexity index is 419. The number of piperidine rings is 1. The zero-order chi connectivity index (χ0) is 13.0. The van der Waals surface area contributed by atoms with Crippen molar-refractivity contribution in [3.05, 3.63) is 17.5 Å². The SMILES string of the molecule is O=C(O)[C@@H]1CCCCN1C(=O)CSc1cccs1. The number of carboxylic acid groups (broad SMARTS) is 1. The Morgan fingerprint density at radius 1 is 1.50 bits per heavy atom. The first-order chi connectivity index (χ1) is 8.68. The normalized spacial score (nSPS) is 19.8. The van der Waals surface area contributed by atoms with Crippen LogP contribution in [0.15, 0.2) is 21.7 Å². The van der Waals surface area contributed by atoms with Gasteiger partial charge in [-0.25, -0.2) is 4.79 Å². The van der Waals surface area contributed by atoms with E-state index >= 15 is 0 Å². The number of hydrogen-bond acceptors (Lipinski definition) is 4. The molecular weight excluding hydrogens is 270 g/mol. The highest BCUT2D eigenvalue weighted by atomic mass is 32.2. The third-order valence-corrected chi connectivity index (χ3v) is 5.06. The number of rotatable bonds is 4. The van der Waals surface area contributed by atoms with E-state index in [4.69, 9.17) is 5.11 Å². The van der Waals surface area contributed by atoms with Crippen LogP contribution < -0.4 is 0 Å². The Hall–Kier alpha value is -1.01. The molecule has 1 saturated heterocycles. The minimum Gasteiger partial charge on any atom is -0.480 e. The molecule has 6 heteroatoms. The molecule has 0 aromatic carbocycles. The van der Waals surface area contributed by atoms with E-state index < -0.39 is 12.0 Å². The molecular formula is C12H15NO3S2. The molecule has 18 heavy (non-hydrogen) atoms. The molecule has 2 rings (SSSR count). The van der Waals surface area contributed by atoms with Crippen LogP contribution >= 0.6 is 23.1 Å². The van der Waals surface area contributed by atoms with Crippen LogP contribution in [-0.4, -0.2) is 40.2 Å². The first kappa shape index (κ1) is 13.4. The number of aliphatic carboxylic acids is 1. The molecule has 0 bridgehead atoms. The second-order valence-electron chi connectivity index (χ2n) is 4.16. The molecule has 0 spiro atoms. The molecule has 1 aliphatic heterocycles. The minimum absolute atomic E-state index is 0.0690. The van der Waals surface area contributed by atoms with Gasteiger partial charge in [0.25, 0.3) is 0 Å². The molecule has 0 aliphatic carbocycles. The van der Waals surface area contributed by atoms with E-state index in [-0.39, 0.29) is 5.91 Å². The molecule has 1 amide bonds. The number of carbonyl (C=O) groups excluding carboxylic acids is 1. The summed E-state index contributed by atoms with van der Waals surface area (Å²) in [6.45, 7) is 0.570. The number of thioether (sulfide) groups is 1. The summed E-state index contributed by atoms with van der Waals surface area (Å²) < 4.78 is 1.09. The average Bonchev–Trinajstić information content (AvgIpc) is 2.89. The highest BCUT2D eigenvalue weighted by Gasteiger charge is 2.31. The first-order valence-electron chi connectivity index (χ1n) is 5.87. The zero-order valence-corrected chi connectivity index (χ0v) is 11.5. The Morgan fingerprint density at radius 2 is 2.33 bits per heavy atom. The van der Waals surface area contributed by atoms with Crippen LogP contribution in [0.4, 0.5) is 0 Å². The summed E-state index contributed by atoms with van der Waals surface area (Å²) in [5.41, 5.74) is 0. The quantitative estimate of drug-likeness (QED) is 0.862. The van der Waals surface area contributed by atoms with Crippen molar-refractivity contribution in [1.29, 1.82) is 0 Å². The summed E-state index contributed by atoms with van der Waals surface area (Å²) in [7, 11) is 0. The summed E-state index contributed by atoms with van der Waals surface area (Å²) in [6, 6.07) is 3.28. The van der Waals surface area contributed by atoms with Gasteiger partial charge in [0.05, 0.1) is 9.96 Å². The largest absolute Gasteiger partial charge is 0.480 e. The van der Waals surface area contributed by atoms with Gasteiger partial charge in [-0.1, -0.05) is 6.07 Å². The van der Waals surface area contributed by atoms with Gasteiger partial charge in [0.2, 0.25) is 5.91 Å². The van der Waals surface area contributed by atoms with E-state index in [1.807, 2.05) is 17.5 Å². The van der Waals surface area contributed by atoms with Gasteiger partial charge in [0.15, 0.2) is 0 Å². The van der Waals surface area contributed by atoms with Crippen LogP contribution in [-0.2, 0) is 9.59 Å². The van der Waals surface area contributed by atoms with E-state index in [0.717, 1.165) is 17.1 Å². The first-order valence-corrected chi connectivity index (χ1v) is 7.73. The number of thiophene rings is 1. The fraction of sp³-hybridized carbons (Fsp3) is 0.500. The lowest BCUT2D eigenvalue weighted by Crippen LogP contribution is -2.48. The molecule has 2 heterocycles. The van der Waals surface area contributed by atoms with Crippen molar-refractivity contribution in [3.63, 3.8) is 0 Å². The molecule has 1 atom stereocenters. The maximum Gasteiger partial charge on any atom is 0.326 e. The summed E-state index contributed by atoms with van der Waals surface area (Å²) in [5.74, 6) is -0.630. The van der Waals surface area contributed by atoms with Crippen LogP contribution in [0.25, 0.3) is 0 Å². The van der Waals surface area contributed by atoms with Crippen LogP contribution in [0.1, 0.15) is 19.3 Å². The maximum absolute atomic E-state index is 12.1. The van der Waals surface area contributed by atoms with Gasteiger partial charge in [0, 0.05) is 6.54 Å². The molecule has 1 fully saturated rings. The van der Waals surface area contributed by atoms with Crippen molar-refractivity contribution in [2.45, 2.75) is 29.5 Å². The second kappa shape index (κ2) is 6.24. The lowest BCUT2D eigenvalue weighted by atomic mass is 10.0. The molecule has 1 N–H and O–H groups in total. The summed E-state index contributed by atoms with van der Waals surface area (Å²) in [4.78, 5) is 24.7. The summed E-state index contributed by atoms with van der Waals surface area (Å²) in [6.07, 6.45) is 2.36. The smallest absolute Gasteiger partial charge is 0.326 e. The monoisotopic (exact) mass is 285 g/mol. The number of carbonyl (C=O) groups is 2. The van der Waals surface area contributed by atoms with Gasteiger partial charge in [0.1, 0.15) is 6.04 Å². The predicted octanol–water partition coefficient (Wildman–Crippen LogP) is 2.31. The van der Waals surface area contributed by atoms with Crippen molar-refractivity contribution in [2.75, 3.05) is 12.3 Å². The Labute approximate surface area is 114 Å². The van der Waals surface area contributed by atoms with E-state index in [1.165, 1.54) is 16.7 Å². The number of hydrogen-bond donors (Lipinski definition) is 1. The van der Waals surface area contributed by atoms with Crippen molar-refractivity contribution < 1.29 is 14.7 Å². The second-order valence-corrected chi connectivity index (χ2v) is 6.38. The Balaban J connectivity index is 1.92. The lowest BCUT2D eigenvalue weighted by Gasteiger charge is -2.32. The molecule has 1 aromatic heterocycles. The highest BCUT2D eigenvalue weighted by molar-refractivity contribution is 8.01. The summed E-state index contributed by atoms with van der Waals surface area (Å²) >= 11 is 3.07. The molecule has 0 radical (unpaired) electrons. The lowest BCUT2D eigenvalue weighted by molar-refractivity contribution is -0.150. The van der Waals surface area contributed by atoms with E-state index in [0.29, 0.717) is 18.7 Å². The van der Waals surface area contributed by atoms with Gasteiger partial charge in [-0.05, 0) is 30.7 Å². The number of nitrogens with zero attached hydrogens (tertiary/aromatic N) is 1. The van der Waals surface area contributed by atoms with Crippen molar-refractivity contribution in [2.24, 2.45) is 0 Å². The Morgan fingerprint density at radius 3 is 3.00 bits per heavy atom. The van der Waals surface area contributed by atoms with E-state index in [1.54, 1.807) is 11.3 Å². The Kier molecular flexibility index (Phi) is 4.66. The van der Waals surface area contributed by atoms with Crippen molar-refractivity contribution >= 4 is 35.0 Å². The number of carboxylic acids is 1. The van der Waals surface area contributed by atoms with Crippen molar-refractivity contribution in [1.82, 2.24) is 4.90 Å². The maximum atomic E-state index is 12.1. The van der Waals surface area contributed by atoms with Gasteiger partial charge in [-0.2, -0.15) is 0 Å². The molecule has 0 saturated carbocycles.